The Hall–Kier alpha value is -1.25. The molecule has 22 heavy (non-hydrogen) atoms. The minimum Gasteiger partial charge on any atom is -0.299 e. The van der Waals surface area contributed by atoms with Crippen molar-refractivity contribution in [1.82, 2.24) is 0 Å². The molecule has 0 amide bonds. The minimum atomic E-state index is -0.191. The van der Waals surface area contributed by atoms with Gasteiger partial charge in [0.15, 0.2) is 11.6 Å². The lowest BCUT2D eigenvalue weighted by molar-refractivity contribution is -0.138. The number of carbonyl (C=O) groups is 3. The molecule has 0 aromatic carbocycles. The number of ketones is 3. The van der Waals surface area contributed by atoms with Crippen LogP contribution in [0.5, 0.6) is 0 Å². The monoisotopic (exact) mass is 300 g/mol. The fourth-order valence-electron chi connectivity index (χ4n) is 6.16. The van der Waals surface area contributed by atoms with Crippen molar-refractivity contribution in [2.24, 2.45) is 28.6 Å². The van der Waals surface area contributed by atoms with Gasteiger partial charge < -0.3 is 0 Å². The van der Waals surface area contributed by atoms with Crippen molar-refractivity contribution in [3.05, 3.63) is 11.6 Å². The molecule has 4 aliphatic rings. The van der Waals surface area contributed by atoms with Gasteiger partial charge in [-0.1, -0.05) is 13.8 Å². The number of carbonyl (C=O) groups excluding carboxylic acids is 3. The number of hydrogen-bond donors (Lipinski definition) is 0. The van der Waals surface area contributed by atoms with E-state index >= 15 is 0 Å². The van der Waals surface area contributed by atoms with Gasteiger partial charge in [0.05, 0.1) is 0 Å². The molecule has 4 aliphatic carbocycles. The van der Waals surface area contributed by atoms with Crippen molar-refractivity contribution < 1.29 is 14.4 Å². The van der Waals surface area contributed by atoms with E-state index in [1.54, 1.807) is 6.08 Å². The summed E-state index contributed by atoms with van der Waals surface area (Å²) >= 11 is 0. The fraction of sp³-hybridized carbons (Fsp3) is 0.737. The van der Waals surface area contributed by atoms with E-state index in [2.05, 4.69) is 13.8 Å². The first-order valence-corrected chi connectivity index (χ1v) is 8.68. The molecule has 0 bridgehead atoms. The maximum Gasteiger partial charge on any atom is 0.159 e. The Balaban J connectivity index is 1.76. The Labute approximate surface area is 131 Å². The lowest BCUT2D eigenvalue weighted by Gasteiger charge is -2.56. The third-order valence-corrected chi connectivity index (χ3v) is 7.50. The van der Waals surface area contributed by atoms with E-state index in [1.807, 2.05) is 0 Å². The van der Waals surface area contributed by atoms with Gasteiger partial charge in [-0.05, 0) is 54.9 Å². The molecular weight excluding hydrogens is 276 g/mol. The minimum absolute atomic E-state index is 0.107. The van der Waals surface area contributed by atoms with Crippen molar-refractivity contribution in [3.8, 4) is 0 Å². The van der Waals surface area contributed by atoms with Gasteiger partial charge >= 0.3 is 0 Å². The number of allylic oxidation sites excluding steroid dienone is 1. The Morgan fingerprint density at radius 1 is 0.955 bits per heavy atom. The first kappa shape index (κ1) is 14.3. The summed E-state index contributed by atoms with van der Waals surface area (Å²) in [7, 11) is 0. The van der Waals surface area contributed by atoms with E-state index in [4.69, 9.17) is 0 Å². The zero-order valence-electron chi connectivity index (χ0n) is 13.5. The second kappa shape index (κ2) is 4.39. The van der Waals surface area contributed by atoms with Gasteiger partial charge in [0.2, 0.25) is 0 Å². The van der Waals surface area contributed by atoms with Gasteiger partial charge in [0.25, 0.3) is 0 Å². The van der Waals surface area contributed by atoms with Crippen molar-refractivity contribution in [2.45, 2.75) is 58.8 Å². The third kappa shape index (κ3) is 1.65. The van der Waals surface area contributed by atoms with Gasteiger partial charge in [-0.3, -0.25) is 14.4 Å². The summed E-state index contributed by atoms with van der Waals surface area (Å²) in [4.78, 5) is 36.8. The molecule has 3 nitrogen and oxygen atoms in total. The molecule has 5 atom stereocenters. The van der Waals surface area contributed by atoms with Crippen LogP contribution in [0.4, 0.5) is 0 Å². The van der Waals surface area contributed by atoms with E-state index in [9.17, 15) is 14.4 Å². The average Bonchev–Trinajstić information content (AvgIpc) is 2.77. The topological polar surface area (TPSA) is 51.2 Å². The molecule has 118 valence electrons. The Bertz CT molecular complexity index is 616. The quantitative estimate of drug-likeness (QED) is 0.690. The highest BCUT2D eigenvalue weighted by molar-refractivity contribution is 6.06. The van der Waals surface area contributed by atoms with Crippen molar-refractivity contribution in [2.75, 3.05) is 0 Å². The van der Waals surface area contributed by atoms with Crippen LogP contribution in [0.1, 0.15) is 58.8 Å². The smallest absolute Gasteiger partial charge is 0.159 e. The van der Waals surface area contributed by atoms with Crippen molar-refractivity contribution in [1.29, 1.82) is 0 Å². The van der Waals surface area contributed by atoms with Crippen LogP contribution in [0.3, 0.4) is 0 Å². The van der Waals surface area contributed by atoms with E-state index in [0.29, 0.717) is 42.8 Å². The summed E-state index contributed by atoms with van der Waals surface area (Å²) in [6.07, 6.45) is 7.19. The zero-order valence-corrected chi connectivity index (χ0v) is 13.5. The molecule has 0 aliphatic heterocycles. The highest BCUT2D eigenvalue weighted by Crippen LogP contribution is 2.63. The van der Waals surface area contributed by atoms with Crippen LogP contribution in [0.2, 0.25) is 0 Å². The number of Topliss-reactive ketones (excluding diaryl/α,β-unsaturated/α-hetero) is 2. The van der Waals surface area contributed by atoms with Crippen LogP contribution >= 0.6 is 0 Å². The summed E-state index contributed by atoms with van der Waals surface area (Å²) in [5.41, 5.74) is 0.461. The van der Waals surface area contributed by atoms with Crippen LogP contribution in [0.15, 0.2) is 11.6 Å². The molecule has 0 spiro atoms. The zero-order chi connectivity index (χ0) is 15.7. The van der Waals surface area contributed by atoms with Crippen LogP contribution < -0.4 is 0 Å². The molecule has 0 N–H and O–H groups in total. The standard InChI is InChI=1S/C19H24O3/c1-18-7-5-11(20)9-15(18)16(21)10-12-13-3-4-17(22)19(13,2)8-6-14(12)18/h9,12-14H,3-8,10H2,1-2H3/t12-,13-,14-,18+,19-/m1/s1. The summed E-state index contributed by atoms with van der Waals surface area (Å²) in [5.74, 6) is 1.87. The van der Waals surface area contributed by atoms with Crippen LogP contribution in [-0.2, 0) is 14.4 Å². The maximum absolute atomic E-state index is 12.7. The number of fused-ring (bicyclic) bond motifs is 5. The largest absolute Gasteiger partial charge is 0.299 e. The van der Waals surface area contributed by atoms with Crippen molar-refractivity contribution in [3.63, 3.8) is 0 Å². The molecule has 3 fully saturated rings. The van der Waals surface area contributed by atoms with Gasteiger partial charge in [-0.2, -0.15) is 0 Å². The van der Waals surface area contributed by atoms with E-state index in [-0.39, 0.29) is 22.4 Å². The molecule has 0 heterocycles. The highest BCUT2D eigenvalue weighted by Gasteiger charge is 2.60. The maximum atomic E-state index is 12.7. The average molecular weight is 300 g/mol. The first-order chi connectivity index (χ1) is 10.4. The number of hydrogen-bond acceptors (Lipinski definition) is 3. The summed E-state index contributed by atoms with van der Waals surface area (Å²) in [5, 5.41) is 0. The predicted octanol–water partition coefficient (Wildman–Crippen LogP) is 3.27. The molecule has 0 aromatic rings. The van der Waals surface area contributed by atoms with E-state index < -0.39 is 0 Å². The van der Waals surface area contributed by atoms with Gasteiger partial charge in [0.1, 0.15) is 5.78 Å². The lowest BCUT2D eigenvalue weighted by Crippen LogP contribution is -2.53. The summed E-state index contributed by atoms with van der Waals surface area (Å²) < 4.78 is 0. The summed E-state index contributed by atoms with van der Waals surface area (Å²) in [6.45, 7) is 4.32. The Morgan fingerprint density at radius 2 is 1.68 bits per heavy atom. The van der Waals surface area contributed by atoms with Crippen molar-refractivity contribution >= 4 is 17.3 Å². The van der Waals surface area contributed by atoms with Crippen LogP contribution in [0.25, 0.3) is 0 Å². The van der Waals surface area contributed by atoms with Gasteiger partial charge in [0, 0.05) is 30.3 Å². The fourth-order valence-corrected chi connectivity index (χ4v) is 6.16. The molecule has 0 aromatic heterocycles. The molecule has 0 unspecified atom stereocenters. The Kier molecular flexibility index (Phi) is 2.87. The first-order valence-electron chi connectivity index (χ1n) is 8.68. The molecule has 0 radical (unpaired) electrons. The lowest BCUT2D eigenvalue weighted by atomic mass is 9.47. The van der Waals surface area contributed by atoms with Gasteiger partial charge in [-0.25, -0.2) is 0 Å². The van der Waals surface area contributed by atoms with Gasteiger partial charge in [-0.15, -0.1) is 0 Å². The second-order valence-electron chi connectivity index (χ2n) is 8.36. The van der Waals surface area contributed by atoms with E-state index in [1.165, 1.54) is 0 Å². The molecule has 3 saturated carbocycles. The molecule has 4 rings (SSSR count). The Morgan fingerprint density at radius 3 is 2.45 bits per heavy atom. The second-order valence-corrected chi connectivity index (χ2v) is 8.36. The third-order valence-electron chi connectivity index (χ3n) is 7.50. The molecular formula is C19H24O3. The summed E-state index contributed by atoms with van der Waals surface area (Å²) in [6, 6.07) is 0. The normalized spacial score (nSPS) is 47.6. The molecule has 3 heteroatoms. The SMILES string of the molecule is C[C@@]12CC[C@@H]3[C@H](CC(=O)C4=CC(=O)CC[C@]43C)[C@H]1CCC2=O. The highest BCUT2D eigenvalue weighted by atomic mass is 16.1. The van der Waals surface area contributed by atoms with E-state index in [0.717, 1.165) is 31.3 Å². The molecule has 0 saturated heterocycles. The number of rotatable bonds is 0. The predicted molar refractivity (Wildman–Crippen MR) is 82.1 cm³/mol. The van der Waals surface area contributed by atoms with Crippen LogP contribution in [0, 0.1) is 28.6 Å². The van der Waals surface area contributed by atoms with Crippen LogP contribution in [-0.4, -0.2) is 17.3 Å².